The van der Waals surface area contributed by atoms with Crippen molar-refractivity contribution in [3.05, 3.63) is 53.6 Å². The summed E-state index contributed by atoms with van der Waals surface area (Å²) in [6.45, 7) is -0.139. The van der Waals surface area contributed by atoms with Gasteiger partial charge in [-0.15, -0.1) is 4.40 Å². The first-order valence-corrected chi connectivity index (χ1v) is 9.52. The van der Waals surface area contributed by atoms with Crippen LogP contribution in [0.4, 0.5) is 0 Å². The molecule has 0 bridgehead atoms. The number of methoxy groups -OCH3 is 2. The van der Waals surface area contributed by atoms with Crippen LogP contribution in [0.2, 0.25) is 0 Å². The van der Waals surface area contributed by atoms with E-state index in [0.717, 1.165) is 0 Å². The molecule has 1 aliphatic rings. The zero-order chi connectivity index (χ0) is 19.4. The summed E-state index contributed by atoms with van der Waals surface area (Å²) >= 11 is 0. The molecule has 0 saturated carbocycles. The molecule has 0 fully saturated rings. The average Bonchev–Trinajstić information content (AvgIpc) is 2.96. The van der Waals surface area contributed by atoms with Crippen molar-refractivity contribution in [2.75, 3.05) is 27.4 Å². The fourth-order valence-corrected chi connectivity index (χ4v) is 3.83. The van der Waals surface area contributed by atoms with Crippen molar-refractivity contribution in [2.24, 2.45) is 9.50 Å². The summed E-state index contributed by atoms with van der Waals surface area (Å²) in [7, 11) is -0.683. The van der Waals surface area contributed by atoms with Gasteiger partial charge in [0.15, 0.2) is 5.84 Å². The van der Waals surface area contributed by atoms with Crippen LogP contribution < -0.4 is 9.47 Å². The minimum Gasteiger partial charge on any atom is -0.497 e. The first-order chi connectivity index (χ1) is 13.0. The largest absolute Gasteiger partial charge is 0.497 e. The molecule has 0 atom stereocenters. The van der Waals surface area contributed by atoms with Crippen LogP contribution in [0.3, 0.4) is 0 Å². The number of hydrogen-bond acceptors (Lipinski definition) is 7. The number of benzene rings is 2. The van der Waals surface area contributed by atoms with E-state index in [9.17, 15) is 13.5 Å². The van der Waals surface area contributed by atoms with E-state index in [1.54, 1.807) is 50.6 Å². The van der Waals surface area contributed by atoms with E-state index in [-0.39, 0.29) is 23.9 Å². The van der Waals surface area contributed by atoms with E-state index < -0.39 is 10.0 Å². The van der Waals surface area contributed by atoms with E-state index in [0.29, 0.717) is 22.6 Å². The van der Waals surface area contributed by atoms with Gasteiger partial charge in [-0.3, -0.25) is 0 Å². The van der Waals surface area contributed by atoms with Crippen molar-refractivity contribution in [3.63, 3.8) is 0 Å². The average molecular weight is 389 g/mol. The third-order valence-corrected chi connectivity index (χ3v) is 5.21. The Morgan fingerprint density at radius 3 is 2.44 bits per heavy atom. The van der Waals surface area contributed by atoms with Gasteiger partial charge in [0.25, 0.3) is 10.0 Å². The lowest BCUT2D eigenvalue weighted by molar-refractivity contribution is 0.254. The number of aliphatic hydroxyl groups excluding tert-OH is 1. The lowest BCUT2D eigenvalue weighted by atomic mass is 10.2. The molecule has 0 radical (unpaired) electrons. The standard InChI is InChI=1S/C18H19N3O5S/c1-25-14-9-13(10-15(11-14)26-2)12-19-21(7-8-22)18-16-5-3-4-6-17(16)27(23,24)20-18/h3-6,9-12,22H,7-8H2,1-2H3/b19-12+. The van der Waals surface area contributed by atoms with Crippen molar-refractivity contribution in [1.82, 2.24) is 5.01 Å². The maximum absolute atomic E-state index is 12.3. The highest BCUT2D eigenvalue weighted by Gasteiger charge is 2.31. The summed E-state index contributed by atoms with van der Waals surface area (Å²) < 4.78 is 38.8. The van der Waals surface area contributed by atoms with Crippen LogP contribution in [-0.2, 0) is 10.0 Å². The van der Waals surface area contributed by atoms with Crippen molar-refractivity contribution in [3.8, 4) is 11.5 Å². The number of amidine groups is 1. The fourth-order valence-electron chi connectivity index (χ4n) is 2.63. The first kappa shape index (κ1) is 18.9. The van der Waals surface area contributed by atoms with Crippen molar-refractivity contribution in [2.45, 2.75) is 4.90 Å². The summed E-state index contributed by atoms with van der Waals surface area (Å²) in [5, 5.41) is 15.1. The maximum atomic E-state index is 12.3. The van der Waals surface area contributed by atoms with E-state index >= 15 is 0 Å². The topological polar surface area (TPSA) is 101 Å². The van der Waals surface area contributed by atoms with Crippen LogP contribution in [0.1, 0.15) is 11.1 Å². The first-order valence-electron chi connectivity index (χ1n) is 8.08. The molecule has 3 rings (SSSR count). The van der Waals surface area contributed by atoms with Gasteiger partial charge in [0.05, 0.1) is 33.6 Å². The van der Waals surface area contributed by atoms with E-state index in [1.165, 1.54) is 17.3 Å². The third-order valence-electron chi connectivity index (χ3n) is 3.89. The molecule has 8 nitrogen and oxygen atoms in total. The van der Waals surface area contributed by atoms with E-state index in [2.05, 4.69) is 9.50 Å². The summed E-state index contributed by atoms with van der Waals surface area (Å²) in [6.07, 6.45) is 1.52. The normalized spacial score (nSPS) is 14.7. The number of sulfonamides is 1. The molecular formula is C18H19N3O5S. The van der Waals surface area contributed by atoms with Gasteiger partial charge in [0.2, 0.25) is 0 Å². The highest BCUT2D eigenvalue weighted by Crippen LogP contribution is 2.27. The van der Waals surface area contributed by atoms with Crippen LogP contribution in [0.25, 0.3) is 0 Å². The van der Waals surface area contributed by atoms with Crippen molar-refractivity contribution >= 4 is 22.1 Å². The Bertz CT molecular complexity index is 980. The second-order valence-corrected chi connectivity index (χ2v) is 7.20. The van der Waals surface area contributed by atoms with Gasteiger partial charge in [-0.25, -0.2) is 5.01 Å². The second kappa shape index (κ2) is 7.77. The lowest BCUT2D eigenvalue weighted by Gasteiger charge is -2.17. The Kier molecular flexibility index (Phi) is 5.43. The lowest BCUT2D eigenvalue weighted by Crippen LogP contribution is -2.28. The molecule has 0 aromatic heterocycles. The third kappa shape index (κ3) is 3.93. The summed E-state index contributed by atoms with van der Waals surface area (Å²) in [4.78, 5) is 0.126. The van der Waals surface area contributed by atoms with E-state index in [1.807, 2.05) is 0 Å². The number of rotatable bonds is 6. The Balaban J connectivity index is 1.97. The molecule has 2 aromatic rings. The molecule has 142 valence electrons. The van der Waals surface area contributed by atoms with Crippen LogP contribution in [0, 0.1) is 0 Å². The summed E-state index contributed by atoms with van der Waals surface area (Å²) in [5.41, 5.74) is 1.13. The predicted octanol–water partition coefficient (Wildman–Crippen LogP) is 1.48. The Morgan fingerprint density at radius 2 is 1.81 bits per heavy atom. The molecule has 0 spiro atoms. The molecule has 27 heavy (non-hydrogen) atoms. The number of aliphatic hydroxyl groups is 1. The second-order valence-electron chi connectivity index (χ2n) is 5.62. The Hall–Kier alpha value is -2.91. The molecule has 0 aliphatic carbocycles. The summed E-state index contributed by atoms with van der Waals surface area (Å²) in [5.74, 6) is 1.36. The molecule has 0 amide bonds. The maximum Gasteiger partial charge on any atom is 0.285 e. The smallest absolute Gasteiger partial charge is 0.285 e. The molecular weight excluding hydrogens is 370 g/mol. The molecule has 1 N–H and O–H groups in total. The fraction of sp³-hybridized carbons (Fsp3) is 0.222. The molecule has 1 aliphatic heterocycles. The van der Waals surface area contributed by atoms with E-state index in [4.69, 9.17) is 9.47 Å². The predicted molar refractivity (Wildman–Crippen MR) is 101 cm³/mol. The van der Waals surface area contributed by atoms with Crippen LogP contribution >= 0.6 is 0 Å². The quantitative estimate of drug-likeness (QED) is 0.593. The van der Waals surface area contributed by atoms with Gasteiger partial charge >= 0.3 is 0 Å². The number of nitrogens with zero attached hydrogens (tertiary/aromatic N) is 3. The highest BCUT2D eigenvalue weighted by molar-refractivity contribution is 7.90. The Labute approximate surface area is 157 Å². The number of ether oxygens (including phenoxy) is 2. The zero-order valence-corrected chi connectivity index (χ0v) is 15.7. The van der Waals surface area contributed by atoms with Crippen LogP contribution in [0.5, 0.6) is 11.5 Å². The zero-order valence-electron chi connectivity index (χ0n) is 14.9. The minimum atomic E-state index is -3.77. The van der Waals surface area contributed by atoms with Crippen LogP contribution in [-0.4, -0.2) is 58.0 Å². The van der Waals surface area contributed by atoms with Gasteiger partial charge in [0, 0.05) is 17.2 Å². The molecule has 9 heteroatoms. The minimum absolute atomic E-state index is 0.0836. The Morgan fingerprint density at radius 1 is 1.15 bits per heavy atom. The molecule has 0 saturated heterocycles. The summed E-state index contributed by atoms with van der Waals surface area (Å²) in [6, 6.07) is 11.8. The van der Waals surface area contributed by atoms with Gasteiger partial charge < -0.3 is 14.6 Å². The highest BCUT2D eigenvalue weighted by atomic mass is 32.2. The van der Waals surface area contributed by atoms with Gasteiger partial charge in [0.1, 0.15) is 16.4 Å². The number of hydrazone groups is 1. The number of fused-ring (bicyclic) bond motifs is 1. The SMILES string of the molecule is COc1cc(/C=N/N(CCO)C2=NS(=O)(=O)c3ccccc32)cc(OC)c1. The molecule has 2 aromatic carbocycles. The monoisotopic (exact) mass is 389 g/mol. The van der Waals surface area contributed by atoms with Crippen molar-refractivity contribution in [1.29, 1.82) is 0 Å². The van der Waals surface area contributed by atoms with Gasteiger partial charge in [-0.1, -0.05) is 12.1 Å². The van der Waals surface area contributed by atoms with Crippen molar-refractivity contribution < 1.29 is 23.0 Å². The molecule has 1 heterocycles. The number of hydrogen-bond donors (Lipinski definition) is 1. The van der Waals surface area contributed by atoms with Crippen LogP contribution in [0.15, 0.2) is 56.9 Å². The molecule has 0 unspecified atom stereocenters. The van der Waals surface area contributed by atoms with Gasteiger partial charge in [-0.05, 0) is 24.3 Å². The van der Waals surface area contributed by atoms with Gasteiger partial charge in [-0.2, -0.15) is 13.5 Å².